The van der Waals surface area contributed by atoms with Gasteiger partial charge in [-0.15, -0.1) is 0 Å². The van der Waals surface area contributed by atoms with E-state index < -0.39 is 5.60 Å². The molecule has 1 aliphatic heterocycles. The molecule has 3 heterocycles. The van der Waals surface area contributed by atoms with Crippen LogP contribution in [0.4, 0.5) is 22.0 Å². The number of likely N-dealkylation sites (tertiary alicyclic amines) is 1. The predicted octanol–water partition coefficient (Wildman–Crippen LogP) is 6.05. The molecular weight excluding hydrogens is 552 g/mol. The maximum Gasteiger partial charge on any atom is 0.410 e. The molecule has 2 aliphatic rings. The van der Waals surface area contributed by atoms with Gasteiger partial charge in [-0.1, -0.05) is 29.5 Å². The number of halogens is 1. The summed E-state index contributed by atoms with van der Waals surface area (Å²) < 4.78 is 11.3. The summed E-state index contributed by atoms with van der Waals surface area (Å²) in [4.78, 5) is 27.3. The van der Waals surface area contributed by atoms with Gasteiger partial charge < -0.3 is 25.4 Å². The molecule has 0 bridgehead atoms. The molecule has 2 unspecified atom stereocenters. The average Bonchev–Trinajstić information content (AvgIpc) is 3.38. The lowest BCUT2D eigenvalue weighted by Gasteiger charge is -2.25. The van der Waals surface area contributed by atoms with E-state index in [-0.39, 0.29) is 12.0 Å². The number of hydrogen-bond donors (Lipinski definition) is 2. The Bertz CT molecular complexity index is 1700. The first kappa shape index (κ1) is 27.6. The zero-order valence-corrected chi connectivity index (χ0v) is 24.4. The summed E-state index contributed by atoms with van der Waals surface area (Å²) >= 11 is 6.50. The third-order valence-corrected chi connectivity index (χ3v) is 7.62. The Labute approximate surface area is 249 Å². The van der Waals surface area contributed by atoms with Gasteiger partial charge in [-0.2, -0.15) is 0 Å². The summed E-state index contributed by atoms with van der Waals surface area (Å²) in [5.41, 5.74) is 9.47. The number of anilines is 3. The minimum atomic E-state index is -0.497. The van der Waals surface area contributed by atoms with E-state index >= 15 is 0 Å². The van der Waals surface area contributed by atoms with Gasteiger partial charge in [-0.05, 0) is 75.1 Å². The van der Waals surface area contributed by atoms with Crippen LogP contribution < -0.4 is 15.8 Å². The van der Waals surface area contributed by atoms with Crippen molar-refractivity contribution in [2.45, 2.75) is 33.0 Å². The minimum Gasteiger partial charge on any atom is -0.486 e. The summed E-state index contributed by atoms with van der Waals surface area (Å²) in [6, 6.07) is 14.8. The summed E-state index contributed by atoms with van der Waals surface area (Å²) in [6.45, 7) is 7.31. The number of amides is 1. The van der Waals surface area contributed by atoms with Gasteiger partial charge in [0.05, 0.1) is 16.2 Å². The van der Waals surface area contributed by atoms with Crippen LogP contribution in [-0.4, -0.2) is 44.6 Å². The molecule has 1 saturated heterocycles. The van der Waals surface area contributed by atoms with E-state index in [1.54, 1.807) is 23.2 Å². The molecule has 6 rings (SSSR count). The molecule has 0 spiro atoms. The molecule has 10 heteroatoms. The lowest BCUT2D eigenvalue weighted by atomic mass is 10.1. The number of ether oxygens (including phenoxy) is 2. The third-order valence-electron chi connectivity index (χ3n) is 7.32. The van der Waals surface area contributed by atoms with Gasteiger partial charge in [0, 0.05) is 47.5 Å². The number of carbonyl (C=O) groups excluding carboxylic acids is 1. The quantitative estimate of drug-likeness (QED) is 0.216. The number of aromatic nitrogens is 3. The molecule has 3 N–H and O–H groups in total. The van der Waals surface area contributed by atoms with Crippen LogP contribution in [0, 0.1) is 29.6 Å². The SMILES string of the molecule is CC(C)(C)OC(=O)N1CC2C(C#Cc3cc4ncnc(Nc5ccc(OCc6ccccn6)c(Cl)c5)c4cc3N)C2C1. The number of hydrogen-bond acceptors (Lipinski definition) is 8. The number of nitrogens with one attached hydrogen (secondary N) is 1. The van der Waals surface area contributed by atoms with Gasteiger partial charge in [0.1, 0.15) is 30.1 Å². The van der Waals surface area contributed by atoms with Crippen LogP contribution >= 0.6 is 11.6 Å². The highest BCUT2D eigenvalue weighted by molar-refractivity contribution is 6.32. The number of benzene rings is 2. The van der Waals surface area contributed by atoms with Crippen LogP contribution in [0.3, 0.4) is 0 Å². The van der Waals surface area contributed by atoms with Crippen molar-refractivity contribution >= 4 is 45.8 Å². The van der Waals surface area contributed by atoms with Crippen molar-refractivity contribution in [1.29, 1.82) is 0 Å². The molecule has 1 saturated carbocycles. The number of fused-ring (bicyclic) bond motifs is 2. The molecule has 214 valence electrons. The lowest BCUT2D eigenvalue weighted by Crippen LogP contribution is -2.37. The van der Waals surface area contributed by atoms with E-state index in [9.17, 15) is 4.79 Å². The van der Waals surface area contributed by atoms with Gasteiger partial charge in [0.2, 0.25) is 0 Å². The standard InChI is InChI=1S/C32H31ClN6O3/c1-32(2,3)42-31(40)39-15-24-22(25(24)16-39)9-7-19-12-28-23(14-27(19)34)30(37-18-36-28)38-20-8-10-29(26(33)13-20)41-17-21-6-4-5-11-35-21/h4-6,8,10-14,18,22,24-25H,15-17,34H2,1-3H3,(H,36,37,38). The molecule has 2 fully saturated rings. The first-order valence-electron chi connectivity index (χ1n) is 13.8. The van der Waals surface area contributed by atoms with Crippen molar-refractivity contribution in [3.63, 3.8) is 0 Å². The molecule has 42 heavy (non-hydrogen) atoms. The van der Waals surface area contributed by atoms with Crippen molar-refractivity contribution in [2.75, 3.05) is 24.1 Å². The van der Waals surface area contributed by atoms with Crippen LogP contribution in [-0.2, 0) is 11.3 Å². The van der Waals surface area contributed by atoms with Crippen LogP contribution in [0.1, 0.15) is 32.0 Å². The summed E-state index contributed by atoms with van der Waals surface area (Å²) in [5.74, 6) is 8.80. The number of carbonyl (C=O) groups is 1. The number of nitrogen functional groups attached to an aromatic ring is 1. The van der Waals surface area contributed by atoms with Crippen molar-refractivity contribution in [3.05, 3.63) is 77.3 Å². The topological polar surface area (TPSA) is 115 Å². The van der Waals surface area contributed by atoms with E-state index in [2.05, 4.69) is 32.1 Å². The van der Waals surface area contributed by atoms with E-state index in [0.29, 0.717) is 53.8 Å². The van der Waals surface area contributed by atoms with E-state index in [0.717, 1.165) is 27.8 Å². The van der Waals surface area contributed by atoms with Crippen LogP contribution in [0.25, 0.3) is 10.9 Å². The molecule has 4 aromatic rings. The first-order chi connectivity index (χ1) is 20.1. The smallest absolute Gasteiger partial charge is 0.410 e. The van der Waals surface area contributed by atoms with Gasteiger partial charge >= 0.3 is 6.09 Å². The van der Waals surface area contributed by atoms with Crippen molar-refractivity contribution < 1.29 is 14.3 Å². The maximum atomic E-state index is 12.4. The van der Waals surface area contributed by atoms with E-state index in [1.807, 2.05) is 57.2 Å². The average molecular weight is 583 g/mol. The zero-order chi connectivity index (χ0) is 29.4. The van der Waals surface area contributed by atoms with Gasteiger partial charge in [-0.3, -0.25) is 4.98 Å². The van der Waals surface area contributed by atoms with Crippen molar-refractivity contribution in [1.82, 2.24) is 19.9 Å². The van der Waals surface area contributed by atoms with Crippen LogP contribution in [0.15, 0.2) is 61.1 Å². The van der Waals surface area contributed by atoms with Crippen molar-refractivity contribution in [3.8, 4) is 17.6 Å². The van der Waals surface area contributed by atoms with Crippen LogP contribution in [0.5, 0.6) is 5.75 Å². The molecule has 1 aliphatic carbocycles. The molecule has 1 amide bonds. The molecule has 2 aromatic carbocycles. The number of nitrogens with zero attached hydrogens (tertiary/aromatic N) is 4. The Balaban J connectivity index is 1.12. The van der Waals surface area contributed by atoms with Gasteiger partial charge in [-0.25, -0.2) is 14.8 Å². The van der Waals surface area contributed by atoms with Gasteiger partial charge in [0.25, 0.3) is 0 Å². The predicted molar refractivity (Wildman–Crippen MR) is 162 cm³/mol. The second-order valence-corrected chi connectivity index (χ2v) is 12.0. The Morgan fingerprint density at radius 2 is 1.93 bits per heavy atom. The Morgan fingerprint density at radius 1 is 1.12 bits per heavy atom. The highest BCUT2D eigenvalue weighted by Crippen LogP contribution is 2.51. The number of nitrogens with two attached hydrogens (primary N) is 1. The normalized spacial score (nSPS) is 19.0. The highest BCUT2D eigenvalue weighted by Gasteiger charge is 2.56. The lowest BCUT2D eigenvalue weighted by molar-refractivity contribution is 0.0269. The molecule has 0 radical (unpaired) electrons. The monoisotopic (exact) mass is 582 g/mol. The Kier molecular flexibility index (Phi) is 7.25. The first-order valence-corrected chi connectivity index (χ1v) is 14.2. The Morgan fingerprint density at radius 3 is 2.64 bits per heavy atom. The molecule has 2 atom stereocenters. The molecular formula is C32H31ClN6O3. The zero-order valence-electron chi connectivity index (χ0n) is 23.6. The van der Waals surface area contributed by atoms with Gasteiger partial charge in [0.15, 0.2) is 0 Å². The van der Waals surface area contributed by atoms with E-state index in [1.165, 1.54) is 6.33 Å². The van der Waals surface area contributed by atoms with E-state index in [4.69, 9.17) is 26.8 Å². The summed E-state index contributed by atoms with van der Waals surface area (Å²) in [6.07, 6.45) is 2.97. The fourth-order valence-corrected chi connectivity index (χ4v) is 5.41. The Hall–Kier alpha value is -4.55. The molecule has 9 nitrogen and oxygen atoms in total. The summed E-state index contributed by atoms with van der Waals surface area (Å²) in [7, 11) is 0. The largest absolute Gasteiger partial charge is 0.486 e. The van der Waals surface area contributed by atoms with Crippen molar-refractivity contribution in [2.24, 2.45) is 17.8 Å². The van der Waals surface area contributed by atoms with Crippen LogP contribution in [0.2, 0.25) is 5.02 Å². The second kappa shape index (κ2) is 11.0. The highest BCUT2D eigenvalue weighted by atomic mass is 35.5. The minimum absolute atomic E-state index is 0.252. The fraction of sp³-hybridized carbons (Fsp3) is 0.312. The number of piperidine rings is 1. The summed E-state index contributed by atoms with van der Waals surface area (Å²) in [5, 5.41) is 4.54. The second-order valence-electron chi connectivity index (χ2n) is 11.6. The number of pyridine rings is 1. The third kappa shape index (κ3) is 6.04. The molecule has 2 aromatic heterocycles. The maximum absolute atomic E-state index is 12.4. The fourth-order valence-electron chi connectivity index (χ4n) is 5.17. The number of rotatable bonds is 5.